The Hall–Kier alpha value is -2.03. The van der Waals surface area contributed by atoms with E-state index < -0.39 is 10.8 Å². The van der Waals surface area contributed by atoms with E-state index in [4.69, 9.17) is 21.6 Å². The molecule has 4 heterocycles. The SMILES string of the molecule is O=S1CCc2nc(N3CC4C=C(c5ccc(Cl)cc5)CC4C3)nc(NC3CN(CCCF)C3)c21. The van der Waals surface area contributed by atoms with Gasteiger partial charge < -0.3 is 10.2 Å². The van der Waals surface area contributed by atoms with Crippen molar-refractivity contribution in [2.45, 2.75) is 30.2 Å². The zero-order valence-electron chi connectivity index (χ0n) is 19.1. The van der Waals surface area contributed by atoms with Crippen molar-refractivity contribution in [3.63, 3.8) is 0 Å². The lowest BCUT2D eigenvalue weighted by Gasteiger charge is -2.40. The molecule has 3 atom stereocenters. The summed E-state index contributed by atoms with van der Waals surface area (Å²) in [6, 6.07) is 8.38. The largest absolute Gasteiger partial charge is 0.364 e. The Balaban J connectivity index is 1.18. The number of halogens is 2. The van der Waals surface area contributed by atoms with Gasteiger partial charge in [0.1, 0.15) is 10.7 Å². The van der Waals surface area contributed by atoms with Gasteiger partial charge in [-0.15, -0.1) is 0 Å². The van der Waals surface area contributed by atoms with E-state index in [1.165, 1.54) is 11.1 Å². The number of rotatable bonds is 7. The lowest BCUT2D eigenvalue weighted by molar-refractivity contribution is 0.155. The molecule has 6 rings (SSSR count). The summed E-state index contributed by atoms with van der Waals surface area (Å²) in [4.78, 5) is 15.1. The molecule has 1 aliphatic carbocycles. The minimum atomic E-state index is -1.05. The van der Waals surface area contributed by atoms with E-state index in [0.717, 1.165) is 72.9 Å². The fourth-order valence-electron chi connectivity index (χ4n) is 5.70. The number of aryl methyl sites for hydroxylation is 1. The molecule has 3 aliphatic heterocycles. The third kappa shape index (κ3) is 4.25. The Morgan fingerprint density at radius 1 is 1.15 bits per heavy atom. The maximum Gasteiger partial charge on any atom is 0.227 e. The lowest BCUT2D eigenvalue weighted by Crippen LogP contribution is -2.55. The summed E-state index contributed by atoms with van der Waals surface area (Å²) in [5.74, 6) is 3.16. The van der Waals surface area contributed by atoms with Crippen LogP contribution in [-0.2, 0) is 17.2 Å². The molecular formula is C25H29ClFN5OS. The number of hydrogen-bond acceptors (Lipinski definition) is 6. The minimum Gasteiger partial charge on any atom is -0.364 e. The van der Waals surface area contributed by atoms with Gasteiger partial charge in [0.25, 0.3) is 0 Å². The van der Waals surface area contributed by atoms with Crippen LogP contribution in [0.15, 0.2) is 35.2 Å². The number of nitrogens with zero attached hydrogens (tertiary/aromatic N) is 4. The summed E-state index contributed by atoms with van der Waals surface area (Å²) >= 11 is 6.05. The van der Waals surface area contributed by atoms with Gasteiger partial charge >= 0.3 is 0 Å². The van der Waals surface area contributed by atoms with Gasteiger partial charge in [-0.25, -0.2) is 4.98 Å². The highest BCUT2D eigenvalue weighted by Crippen LogP contribution is 2.42. The van der Waals surface area contributed by atoms with Crippen LogP contribution in [0.25, 0.3) is 5.57 Å². The first kappa shape index (κ1) is 22.4. The number of likely N-dealkylation sites (tertiary alicyclic amines) is 1. The van der Waals surface area contributed by atoms with Crippen LogP contribution in [0.1, 0.15) is 24.1 Å². The van der Waals surface area contributed by atoms with E-state index >= 15 is 0 Å². The fourth-order valence-corrected chi connectivity index (χ4v) is 7.13. The first-order valence-corrected chi connectivity index (χ1v) is 13.8. The zero-order chi connectivity index (χ0) is 23.2. The molecular weight excluding hydrogens is 473 g/mol. The van der Waals surface area contributed by atoms with Crippen LogP contribution in [0.2, 0.25) is 5.02 Å². The molecule has 0 amide bonds. The van der Waals surface area contributed by atoms with Crippen LogP contribution in [0.5, 0.6) is 0 Å². The molecule has 0 radical (unpaired) electrons. The molecule has 1 N–H and O–H groups in total. The Labute approximate surface area is 207 Å². The van der Waals surface area contributed by atoms with Crippen molar-refractivity contribution in [3.05, 3.63) is 46.6 Å². The van der Waals surface area contributed by atoms with Crippen LogP contribution in [0.4, 0.5) is 16.2 Å². The number of fused-ring (bicyclic) bond motifs is 2. The van der Waals surface area contributed by atoms with E-state index in [1.807, 2.05) is 12.1 Å². The van der Waals surface area contributed by atoms with Crippen LogP contribution < -0.4 is 10.2 Å². The quantitative estimate of drug-likeness (QED) is 0.623. The van der Waals surface area contributed by atoms with Gasteiger partial charge in [0, 0.05) is 49.9 Å². The maximum atomic E-state index is 12.7. The van der Waals surface area contributed by atoms with Crippen molar-refractivity contribution in [1.29, 1.82) is 0 Å². The van der Waals surface area contributed by atoms with Crippen LogP contribution in [0.3, 0.4) is 0 Å². The average Bonchev–Trinajstić information content (AvgIpc) is 3.49. The van der Waals surface area contributed by atoms with Crippen LogP contribution >= 0.6 is 11.6 Å². The van der Waals surface area contributed by atoms with Gasteiger partial charge in [-0.05, 0) is 47.9 Å². The summed E-state index contributed by atoms with van der Waals surface area (Å²) in [5.41, 5.74) is 3.59. The number of benzene rings is 1. The number of alkyl halides is 1. The number of hydrogen-bond donors (Lipinski definition) is 1. The van der Waals surface area contributed by atoms with E-state index in [1.54, 1.807) is 0 Å². The number of nitrogens with one attached hydrogen (secondary N) is 1. The second-order valence-corrected chi connectivity index (χ2v) is 11.8. The maximum absolute atomic E-state index is 12.7. The molecule has 2 fully saturated rings. The van der Waals surface area contributed by atoms with Crippen molar-refractivity contribution in [1.82, 2.24) is 14.9 Å². The van der Waals surface area contributed by atoms with Gasteiger partial charge in [0.15, 0.2) is 0 Å². The van der Waals surface area contributed by atoms with E-state index in [0.29, 0.717) is 24.0 Å². The highest BCUT2D eigenvalue weighted by Gasteiger charge is 2.39. The second-order valence-electron chi connectivity index (χ2n) is 9.82. The Morgan fingerprint density at radius 3 is 2.74 bits per heavy atom. The highest BCUT2D eigenvalue weighted by atomic mass is 35.5. The smallest absolute Gasteiger partial charge is 0.227 e. The predicted molar refractivity (Wildman–Crippen MR) is 135 cm³/mol. The first-order chi connectivity index (χ1) is 16.6. The van der Waals surface area contributed by atoms with Crippen molar-refractivity contribution < 1.29 is 8.60 Å². The van der Waals surface area contributed by atoms with Gasteiger partial charge in [-0.3, -0.25) is 13.5 Å². The van der Waals surface area contributed by atoms with Gasteiger partial charge in [-0.2, -0.15) is 4.98 Å². The van der Waals surface area contributed by atoms with Crippen LogP contribution in [0, 0.1) is 11.8 Å². The molecule has 0 saturated carbocycles. The van der Waals surface area contributed by atoms with E-state index in [-0.39, 0.29) is 12.7 Å². The first-order valence-electron chi connectivity index (χ1n) is 12.1. The number of allylic oxidation sites excluding steroid dienone is 1. The van der Waals surface area contributed by atoms with Crippen molar-refractivity contribution in [2.75, 3.05) is 55.4 Å². The average molecular weight is 502 g/mol. The summed E-state index contributed by atoms with van der Waals surface area (Å²) in [6.45, 7) is 4.09. The molecule has 1 aromatic heterocycles. The molecule has 2 aromatic rings. The Morgan fingerprint density at radius 2 is 1.97 bits per heavy atom. The Bertz CT molecular complexity index is 1140. The van der Waals surface area contributed by atoms with Gasteiger partial charge in [0.05, 0.1) is 29.2 Å². The predicted octanol–water partition coefficient (Wildman–Crippen LogP) is 3.79. The molecule has 0 spiro atoms. The molecule has 1 aromatic carbocycles. The molecule has 6 nitrogen and oxygen atoms in total. The van der Waals surface area contributed by atoms with Gasteiger partial charge in [-0.1, -0.05) is 29.8 Å². The molecule has 9 heteroatoms. The van der Waals surface area contributed by atoms with Crippen LogP contribution in [-0.4, -0.2) is 70.3 Å². The van der Waals surface area contributed by atoms with Crippen molar-refractivity contribution >= 4 is 39.7 Å². The minimum absolute atomic E-state index is 0.256. The standard InChI is InChI=1S/C25H29ClFN5OS/c26-20-4-2-16(3-5-20)17-10-18-12-32(13-19(18)11-17)25-29-22-6-9-34(33)23(22)24(30-25)28-21-14-31(15-21)8-1-7-27/h2-5,10,18-19,21H,1,6-9,11-15H2,(H,28,29,30). The normalized spacial score (nSPS) is 26.4. The molecule has 180 valence electrons. The zero-order valence-corrected chi connectivity index (χ0v) is 20.6. The molecule has 2 saturated heterocycles. The second kappa shape index (κ2) is 9.21. The number of aromatic nitrogens is 2. The monoisotopic (exact) mass is 501 g/mol. The molecule has 4 aliphatic rings. The summed E-state index contributed by atoms with van der Waals surface area (Å²) < 4.78 is 25.1. The lowest BCUT2D eigenvalue weighted by atomic mass is 9.98. The molecule has 0 bridgehead atoms. The summed E-state index contributed by atoms with van der Waals surface area (Å²) in [7, 11) is -1.05. The third-order valence-electron chi connectivity index (χ3n) is 7.47. The number of anilines is 2. The summed E-state index contributed by atoms with van der Waals surface area (Å²) in [6.07, 6.45) is 4.78. The summed E-state index contributed by atoms with van der Waals surface area (Å²) in [5, 5.41) is 4.30. The Kier molecular flexibility index (Phi) is 6.07. The van der Waals surface area contributed by atoms with Crippen molar-refractivity contribution in [3.8, 4) is 0 Å². The van der Waals surface area contributed by atoms with Gasteiger partial charge in [0.2, 0.25) is 5.95 Å². The van der Waals surface area contributed by atoms with E-state index in [2.05, 4.69) is 33.3 Å². The topological polar surface area (TPSA) is 61.4 Å². The third-order valence-corrected chi connectivity index (χ3v) is 9.18. The van der Waals surface area contributed by atoms with E-state index in [9.17, 15) is 8.60 Å². The molecule has 34 heavy (non-hydrogen) atoms. The highest BCUT2D eigenvalue weighted by molar-refractivity contribution is 7.85. The molecule has 3 unspecified atom stereocenters. The van der Waals surface area contributed by atoms with Crippen molar-refractivity contribution in [2.24, 2.45) is 11.8 Å². The fraction of sp³-hybridized carbons (Fsp3) is 0.520.